The number of aliphatic carboxylic acids is 1. The van der Waals surface area contributed by atoms with Crippen molar-refractivity contribution in [1.82, 2.24) is 0 Å². The molecule has 20 heteroatoms. The standard InChI is InChI=1S/C40H72O20/c1-5-6-12-15-22(16-13-10-8-7-9-11-14-17-24(42)43)56-40-36(28(47)26(45)23(18-41)57-40)60-39-33(52)30(49)35(21(4)55-39)59-38-32(51)29(48)34(20(3)54-38)58-37-31(50)27(46)25(44)19(2)53-37/h19-23,25-41,44-52H,5-18H2,1-4H3,(H,42,43)/t19-,20-,21+,22+,23+,25-,26+,27+,28-,29-,30+,31-,32-,33+,34-,35+,36+,37+,38+,39-,40+/m0/s1. The molecule has 0 aromatic heterocycles. The molecular formula is C40H72O20. The fraction of sp³-hybridized carbons (Fsp3) is 0.975. The highest BCUT2D eigenvalue weighted by atomic mass is 16.8. The van der Waals surface area contributed by atoms with Crippen LogP contribution in [-0.4, -0.2) is 198 Å². The maximum absolute atomic E-state index is 11.3. The molecule has 0 radical (unpaired) electrons. The van der Waals surface area contributed by atoms with Gasteiger partial charge in [0, 0.05) is 6.42 Å². The smallest absolute Gasteiger partial charge is 0.303 e. The van der Waals surface area contributed by atoms with Crippen molar-refractivity contribution >= 4 is 5.97 Å². The van der Waals surface area contributed by atoms with Gasteiger partial charge in [-0.3, -0.25) is 4.79 Å². The van der Waals surface area contributed by atoms with Crippen LogP contribution < -0.4 is 0 Å². The van der Waals surface area contributed by atoms with Gasteiger partial charge >= 0.3 is 5.97 Å². The van der Waals surface area contributed by atoms with E-state index >= 15 is 0 Å². The molecular weight excluding hydrogens is 800 g/mol. The van der Waals surface area contributed by atoms with Gasteiger partial charge in [-0.1, -0.05) is 64.7 Å². The molecule has 4 aliphatic rings. The van der Waals surface area contributed by atoms with Gasteiger partial charge in [0.1, 0.15) is 79.4 Å². The summed E-state index contributed by atoms with van der Waals surface area (Å²) in [4.78, 5) is 10.7. The van der Waals surface area contributed by atoms with E-state index in [0.29, 0.717) is 19.3 Å². The molecule has 0 spiro atoms. The van der Waals surface area contributed by atoms with Crippen molar-refractivity contribution in [3.05, 3.63) is 0 Å². The van der Waals surface area contributed by atoms with Gasteiger partial charge in [0.25, 0.3) is 0 Å². The first-order valence-electron chi connectivity index (χ1n) is 21.7. The zero-order valence-corrected chi connectivity index (χ0v) is 35.1. The predicted molar refractivity (Wildman–Crippen MR) is 206 cm³/mol. The van der Waals surface area contributed by atoms with Crippen LogP contribution >= 0.6 is 0 Å². The van der Waals surface area contributed by atoms with Gasteiger partial charge in [0.15, 0.2) is 25.2 Å². The maximum Gasteiger partial charge on any atom is 0.303 e. The van der Waals surface area contributed by atoms with Crippen molar-refractivity contribution in [3.8, 4) is 0 Å². The summed E-state index contributed by atoms with van der Waals surface area (Å²) in [6, 6.07) is 0. The summed E-state index contributed by atoms with van der Waals surface area (Å²) in [5.74, 6) is -0.789. The summed E-state index contributed by atoms with van der Waals surface area (Å²) >= 11 is 0. The normalized spacial score (nSPS) is 43.2. The highest BCUT2D eigenvalue weighted by molar-refractivity contribution is 5.66. The van der Waals surface area contributed by atoms with E-state index < -0.39 is 135 Å². The Labute approximate surface area is 351 Å². The number of unbranched alkanes of at least 4 members (excludes halogenated alkanes) is 8. The van der Waals surface area contributed by atoms with Crippen LogP contribution in [0.1, 0.15) is 111 Å². The summed E-state index contributed by atoms with van der Waals surface area (Å²) in [5, 5.41) is 116. The number of rotatable bonds is 23. The number of aliphatic hydroxyl groups is 10. The minimum absolute atomic E-state index is 0.172. The van der Waals surface area contributed by atoms with Crippen molar-refractivity contribution in [2.24, 2.45) is 0 Å². The van der Waals surface area contributed by atoms with Gasteiger partial charge in [-0.2, -0.15) is 0 Å². The largest absolute Gasteiger partial charge is 0.481 e. The van der Waals surface area contributed by atoms with Crippen LogP contribution in [0.3, 0.4) is 0 Å². The number of carboxylic acids is 1. The second-order valence-corrected chi connectivity index (χ2v) is 16.7. The molecule has 0 bridgehead atoms. The fourth-order valence-electron chi connectivity index (χ4n) is 8.14. The van der Waals surface area contributed by atoms with E-state index in [-0.39, 0.29) is 12.5 Å². The lowest BCUT2D eigenvalue weighted by Gasteiger charge is -2.48. The average Bonchev–Trinajstić information content (AvgIpc) is 3.21. The molecule has 0 aromatic rings. The average molecular weight is 873 g/mol. The monoisotopic (exact) mass is 872 g/mol. The molecule has 60 heavy (non-hydrogen) atoms. The summed E-state index contributed by atoms with van der Waals surface area (Å²) < 4.78 is 47.2. The highest BCUT2D eigenvalue weighted by Crippen LogP contribution is 2.35. The quantitative estimate of drug-likeness (QED) is 0.0543. The lowest BCUT2D eigenvalue weighted by Crippen LogP contribution is -2.66. The van der Waals surface area contributed by atoms with Crippen LogP contribution in [0.4, 0.5) is 0 Å². The van der Waals surface area contributed by atoms with Crippen LogP contribution in [0.25, 0.3) is 0 Å². The van der Waals surface area contributed by atoms with Gasteiger partial charge in [0.05, 0.1) is 31.0 Å². The van der Waals surface area contributed by atoms with Crippen molar-refractivity contribution in [2.45, 2.75) is 240 Å². The molecule has 0 aliphatic carbocycles. The zero-order valence-electron chi connectivity index (χ0n) is 35.1. The van der Waals surface area contributed by atoms with Crippen LogP contribution in [0, 0.1) is 0 Å². The van der Waals surface area contributed by atoms with Crippen LogP contribution in [-0.2, 0) is 42.7 Å². The Morgan fingerprint density at radius 2 is 0.933 bits per heavy atom. The number of ether oxygens (including phenoxy) is 8. The SMILES string of the molecule is CCCCC[C@H](CCCCCCCCCC(=O)O)O[C@@H]1O[C@H](CO)[C@@H](O)[C@H](O)[C@H]1O[C@@H]1O[C@H](C)[C@@H](O[C@H]2O[C@@H](C)[C@H](O[C@H]3O[C@@H](C)[C@H](O)[C@@H](O)[C@@H]3O)[C@@H](O)[C@@H]2O)[C@H](O)[C@H]1O. The van der Waals surface area contributed by atoms with Crippen LogP contribution in [0.2, 0.25) is 0 Å². The fourth-order valence-corrected chi connectivity index (χ4v) is 8.14. The van der Waals surface area contributed by atoms with Crippen LogP contribution in [0.5, 0.6) is 0 Å². The Morgan fingerprint density at radius 3 is 1.43 bits per heavy atom. The van der Waals surface area contributed by atoms with Gasteiger partial charge in [0.2, 0.25) is 0 Å². The van der Waals surface area contributed by atoms with Crippen molar-refractivity contribution < 1.29 is 98.9 Å². The number of hydrogen-bond donors (Lipinski definition) is 11. The van der Waals surface area contributed by atoms with E-state index in [1.165, 1.54) is 20.8 Å². The van der Waals surface area contributed by atoms with Gasteiger partial charge in [-0.25, -0.2) is 0 Å². The molecule has 4 saturated heterocycles. The number of carboxylic acid groups (broad SMARTS) is 1. The van der Waals surface area contributed by atoms with E-state index in [0.717, 1.165) is 57.8 Å². The summed E-state index contributed by atoms with van der Waals surface area (Å²) in [5.41, 5.74) is 0. The molecule has 0 amide bonds. The zero-order chi connectivity index (χ0) is 44.3. The molecule has 0 saturated carbocycles. The Balaban J connectivity index is 1.36. The van der Waals surface area contributed by atoms with E-state index in [4.69, 9.17) is 43.0 Å². The van der Waals surface area contributed by atoms with Gasteiger partial charge < -0.3 is 94.1 Å². The van der Waals surface area contributed by atoms with Gasteiger partial charge in [-0.05, 0) is 40.0 Å². The molecule has 4 rings (SSSR count). The topological polar surface area (TPSA) is 313 Å². The third-order valence-electron chi connectivity index (χ3n) is 11.9. The Hall–Kier alpha value is -1.25. The third kappa shape index (κ3) is 13.6. The lowest BCUT2D eigenvalue weighted by molar-refractivity contribution is -0.388. The molecule has 0 aromatic carbocycles. The predicted octanol–water partition coefficient (Wildman–Crippen LogP) is -1.10. The maximum atomic E-state index is 11.3. The summed E-state index contributed by atoms with van der Waals surface area (Å²) in [6.07, 6.45) is -19.3. The second-order valence-electron chi connectivity index (χ2n) is 16.7. The minimum atomic E-state index is -1.83. The van der Waals surface area contributed by atoms with Crippen molar-refractivity contribution in [1.29, 1.82) is 0 Å². The summed E-state index contributed by atoms with van der Waals surface area (Å²) in [6.45, 7) is 5.86. The molecule has 4 heterocycles. The first kappa shape index (κ1) is 51.4. The molecule has 4 aliphatic heterocycles. The number of aliphatic hydroxyl groups excluding tert-OH is 10. The van der Waals surface area contributed by atoms with Crippen molar-refractivity contribution in [3.63, 3.8) is 0 Å². The molecule has 4 fully saturated rings. The third-order valence-corrected chi connectivity index (χ3v) is 11.9. The van der Waals surface area contributed by atoms with E-state index in [1.807, 2.05) is 0 Å². The molecule has 0 unspecified atom stereocenters. The van der Waals surface area contributed by atoms with Gasteiger partial charge in [-0.15, -0.1) is 0 Å². The Morgan fingerprint density at radius 1 is 0.500 bits per heavy atom. The lowest BCUT2D eigenvalue weighted by atomic mass is 9.96. The number of carbonyl (C=O) groups is 1. The first-order chi connectivity index (χ1) is 28.5. The summed E-state index contributed by atoms with van der Waals surface area (Å²) in [7, 11) is 0. The molecule has 21 atom stereocenters. The van der Waals surface area contributed by atoms with Crippen LogP contribution in [0.15, 0.2) is 0 Å². The Kier molecular flexibility index (Phi) is 21.2. The highest BCUT2D eigenvalue weighted by Gasteiger charge is 2.54. The van der Waals surface area contributed by atoms with E-state index in [9.17, 15) is 55.9 Å². The van der Waals surface area contributed by atoms with E-state index in [1.54, 1.807) is 0 Å². The second kappa shape index (κ2) is 24.7. The Bertz CT molecular complexity index is 1240. The van der Waals surface area contributed by atoms with E-state index in [2.05, 4.69) is 6.92 Å². The first-order valence-corrected chi connectivity index (χ1v) is 21.7. The number of hydrogen-bond acceptors (Lipinski definition) is 19. The molecule has 20 nitrogen and oxygen atoms in total. The molecule has 352 valence electrons. The minimum Gasteiger partial charge on any atom is -0.481 e. The molecule has 11 N–H and O–H groups in total. The van der Waals surface area contributed by atoms with Crippen molar-refractivity contribution in [2.75, 3.05) is 6.61 Å².